The molecule has 24 heavy (non-hydrogen) atoms. The minimum atomic E-state index is -0.244. The van der Waals surface area contributed by atoms with E-state index >= 15 is 0 Å². The van der Waals surface area contributed by atoms with Crippen LogP contribution in [0.15, 0.2) is 42.5 Å². The van der Waals surface area contributed by atoms with Gasteiger partial charge in [0.25, 0.3) is 5.91 Å². The highest BCUT2D eigenvalue weighted by Crippen LogP contribution is 2.11. The summed E-state index contributed by atoms with van der Waals surface area (Å²) >= 11 is 0. The van der Waals surface area contributed by atoms with Crippen molar-refractivity contribution >= 4 is 17.5 Å². The van der Waals surface area contributed by atoms with Crippen molar-refractivity contribution in [2.24, 2.45) is 0 Å². The smallest absolute Gasteiger partial charge is 0.251 e. The lowest BCUT2D eigenvalue weighted by atomic mass is 10.1. The maximum atomic E-state index is 12.1. The Labute approximate surface area is 143 Å². The number of hydrogen-bond donors (Lipinski definition) is 2. The lowest BCUT2D eigenvalue weighted by molar-refractivity contribution is -0.115. The normalized spacial score (nSPS) is 10.3. The van der Waals surface area contributed by atoms with Crippen LogP contribution in [0.5, 0.6) is 0 Å². The molecule has 0 fully saturated rings. The van der Waals surface area contributed by atoms with Gasteiger partial charge < -0.3 is 10.6 Å². The summed E-state index contributed by atoms with van der Waals surface area (Å²) in [4.78, 5) is 24.0. The summed E-state index contributed by atoms with van der Waals surface area (Å²) in [5.74, 6) is -0.484. The fourth-order valence-corrected chi connectivity index (χ4v) is 2.39. The van der Waals surface area contributed by atoms with E-state index in [1.54, 1.807) is 6.07 Å². The molecule has 126 valence electrons. The molecule has 0 bridgehead atoms. The highest BCUT2D eigenvalue weighted by Gasteiger charge is 2.09. The molecule has 4 nitrogen and oxygen atoms in total. The Bertz CT molecular complexity index is 721. The van der Waals surface area contributed by atoms with Gasteiger partial charge in [-0.1, -0.05) is 31.5 Å². The molecule has 0 radical (unpaired) electrons. The number of anilines is 1. The number of hydrogen-bond acceptors (Lipinski definition) is 2. The first-order valence-corrected chi connectivity index (χ1v) is 8.24. The number of aryl methyl sites for hydroxylation is 3. The molecule has 2 rings (SSSR count). The Kier molecular flexibility index (Phi) is 6.13. The van der Waals surface area contributed by atoms with Gasteiger partial charge in [-0.25, -0.2) is 0 Å². The summed E-state index contributed by atoms with van der Waals surface area (Å²) in [6.45, 7) is 6.04. The number of carbonyl (C=O) groups is 2. The highest BCUT2D eigenvalue weighted by atomic mass is 16.2. The van der Waals surface area contributed by atoms with E-state index in [-0.39, 0.29) is 18.4 Å². The summed E-state index contributed by atoms with van der Waals surface area (Å²) in [7, 11) is 0. The number of nitrogens with one attached hydrogen (secondary N) is 2. The molecule has 2 aromatic rings. The summed E-state index contributed by atoms with van der Waals surface area (Å²) in [5, 5.41) is 5.43. The molecule has 0 heterocycles. The molecule has 2 N–H and O–H groups in total. The summed E-state index contributed by atoms with van der Waals surface area (Å²) < 4.78 is 0. The molecule has 0 aliphatic heterocycles. The molecule has 0 atom stereocenters. The van der Waals surface area contributed by atoms with Gasteiger partial charge in [-0.15, -0.1) is 0 Å². The van der Waals surface area contributed by atoms with Gasteiger partial charge >= 0.3 is 0 Å². The summed E-state index contributed by atoms with van der Waals surface area (Å²) in [6, 6.07) is 13.3. The molecule has 4 heteroatoms. The van der Waals surface area contributed by atoms with E-state index in [2.05, 4.69) is 17.6 Å². The standard InChI is InChI=1S/C20H24N2O2/c1-4-5-16-7-10-18(11-8-16)22-19(23)13-21-20(24)17-9-6-14(2)15(3)12-17/h6-12H,4-5,13H2,1-3H3,(H,21,24)(H,22,23). The van der Waals surface area contributed by atoms with Crippen LogP contribution in [0.3, 0.4) is 0 Å². The Balaban J connectivity index is 1.86. The van der Waals surface area contributed by atoms with Gasteiger partial charge in [0, 0.05) is 11.3 Å². The minimum Gasteiger partial charge on any atom is -0.343 e. The van der Waals surface area contributed by atoms with Crippen LogP contribution in [0.2, 0.25) is 0 Å². The third kappa shape index (κ3) is 4.95. The van der Waals surface area contributed by atoms with Gasteiger partial charge in [-0.3, -0.25) is 9.59 Å². The number of amides is 2. The van der Waals surface area contributed by atoms with Crippen molar-refractivity contribution in [1.29, 1.82) is 0 Å². The van der Waals surface area contributed by atoms with Crippen molar-refractivity contribution in [3.8, 4) is 0 Å². The number of benzene rings is 2. The van der Waals surface area contributed by atoms with Crippen molar-refractivity contribution in [2.75, 3.05) is 11.9 Å². The third-order valence-electron chi connectivity index (χ3n) is 3.95. The van der Waals surface area contributed by atoms with Crippen LogP contribution in [-0.4, -0.2) is 18.4 Å². The van der Waals surface area contributed by atoms with Crippen molar-refractivity contribution in [2.45, 2.75) is 33.6 Å². The topological polar surface area (TPSA) is 58.2 Å². The van der Waals surface area contributed by atoms with Crippen LogP contribution in [-0.2, 0) is 11.2 Å². The lowest BCUT2D eigenvalue weighted by Crippen LogP contribution is -2.32. The summed E-state index contributed by atoms with van der Waals surface area (Å²) in [5.41, 5.74) is 4.74. The Morgan fingerprint density at radius 3 is 2.29 bits per heavy atom. The van der Waals surface area contributed by atoms with E-state index in [0.29, 0.717) is 5.56 Å². The van der Waals surface area contributed by atoms with Gasteiger partial charge in [0.2, 0.25) is 5.91 Å². The zero-order valence-corrected chi connectivity index (χ0v) is 14.5. The first-order valence-electron chi connectivity index (χ1n) is 8.24. The zero-order chi connectivity index (χ0) is 17.5. The van der Waals surface area contributed by atoms with Crippen LogP contribution < -0.4 is 10.6 Å². The van der Waals surface area contributed by atoms with Gasteiger partial charge in [-0.2, -0.15) is 0 Å². The predicted octanol–water partition coefficient (Wildman–Crippen LogP) is 3.62. The van der Waals surface area contributed by atoms with Gasteiger partial charge in [0.05, 0.1) is 6.54 Å². The van der Waals surface area contributed by atoms with Crippen molar-refractivity contribution in [3.63, 3.8) is 0 Å². The molecular weight excluding hydrogens is 300 g/mol. The molecule has 0 unspecified atom stereocenters. The lowest BCUT2D eigenvalue weighted by Gasteiger charge is -2.09. The second-order valence-corrected chi connectivity index (χ2v) is 5.98. The largest absolute Gasteiger partial charge is 0.343 e. The van der Waals surface area contributed by atoms with Crippen molar-refractivity contribution in [3.05, 3.63) is 64.7 Å². The van der Waals surface area contributed by atoms with Crippen LogP contribution in [0.25, 0.3) is 0 Å². The molecule has 0 aliphatic rings. The van der Waals surface area contributed by atoms with Gasteiger partial charge in [-0.05, 0) is 61.2 Å². The Hall–Kier alpha value is -2.62. The minimum absolute atomic E-state index is 0.0531. The second-order valence-electron chi connectivity index (χ2n) is 5.98. The molecule has 0 aliphatic carbocycles. The molecule has 2 amide bonds. The van der Waals surface area contributed by atoms with Crippen molar-refractivity contribution < 1.29 is 9.59 Å². The van der Waals surface area contributed by atoms with E-state index < -0.39 is 0 Å². The first kappa shape index (κ1) is 17.7. The number of rotatable bonds is 6. The van der Waals surface area contributed by atoms with Crippen LogP contribution >= 0.6 is 0 Å². The monoisotopic (exact) mass is 324 g/mol. The molecule has 0 spiro atoms. The van der Waals surface area contributed by atoms with Crippen LogP contribution in [0, 0.1) is 13.8 Å². The SMILES string of the molecule is CCCc1ccc(NC(=O)CNC(=O)c2ccc(C)c(C)c2)cc1. The van der Waals surface area contributed by atoms with E-state index in [1.165, 1.54) is 5.56 Å². The van der Waals surface area contributed by atoms with Crippen LogP contribution in [0.4, 0.5) is 5.69 Å². The quantitative estimate of drug-likeness (QED) is 0.852. The average Bonchev–Trinajstić information content (AvgIpc) is 2.57. The fourth-order valence-electron chi connectivity index (χ4n) is 2.39. The van der Waals surface area contributed by atoms with Gasteiger partial charge in [0.15, 0.2) is 0 Å². The third-order valence-corrected chi connectivity index (χ3v) is 3.95. The van der Waals surface area contributed by atoms with Gasteiger partial charge in [0.1, 0.15) is 0 Å². The molecule has 0 saturated heterocycles. The Morgan fingerprint density at radius 1 is 0.958 bits per heavy atom. The average molecular weight is 324 g/mol. The van der Waals surface area contributed by atoms with E-state index in [4.69, 9.17) is 0 Å². The van der Waals surface area contributed by atoms with Crippen LogP contribution in [0.1, 0.15) is 40.4 Å². The van der Waals surface area contributed by atoms with E-state index in [9.17, 15) is 9.59 Å². The number of carbonyl (C=O) groups excluding carboxylic acids is 2. The zero-order valence-electron chi connectivity index (χ0n) is 14.5. The predicted molar refractivity (Wildman–Crippen MR) is 97.3 cm³/mol. The molecule has 0 saturated carbocycles. The molecular formula is C20H24N2O2. The van der Waals surface area contributed by atoms with E-state index in [0.717, 1.165) is 29.7 Å². The fraction of sp³-hybridized carbons (Fsp3) is 0.300. The maximum Gasteiger partial charge on any atom is 0.251 e. The second kappa shape index (κ2) is 8.29. The highest BCUT2D eigenvalue weighted by molar-refractivity contribution is 5.99. The Morgan fingerprint density at radius 2 is 1.67 bits per heavy atom. The first-order chi connectivity index (χ1) is 11.5. The van der Waals surface area contributed by atoms with Crippen molar-refractivity contribution in [1.82, 2.24) is 5.32 Å². The molecule has 0 aromatic heterocycles. The summed E-state index contributed by atoms with van der Waals surface area (Å²) in [6.07, 6.45) is 2.12. The van der Waals surface area contributed by atoms with E-state index in [1.807, 2.05) is 50.2 Å². The maximum absolute atomic E-state index is 12.1. The molecule has 2 aromatic carbocycles.